The largest absolute Gasteiger partial charge is 0.367 e. The van der Waals surface area contributed by atoms with Crippen LogP contribution in [0.25, 0.3) is 0 Å². The van der Waals surface area contributed by atoms with Gasteiger partial charge in [-0.1, -0.05) is 0 Å². The first-order valence-corrected chi connectivity index (χ1v) is 6.63. The third-order valence-corrected chi connectivity index (χ3v) is 3.73. The van der Waals surface area contributed by atoms with E-state index in [9.17, 15) is 0 Å². The van der Waals surface area contributed by atoms with Gasteiger partial charge in [-0.05, 0) is 14.1 Å². The maximum atomic E-state index is 5.54. The Morgan fingerprint density at radius 1 is 1.29 bits per heavy atom. The van der Waals surface area contributed by atoms with Crippen molar-refractivity contribution in [2.45, 2.75) is 0 Å². The van der Waals surface area contributed by atoms with Crippen LogP contribution >= 0.6 is 11.5 Å². The Labute approximate surface area is 106 Å². The van der Waals surface area contributed by atoms with Crippen LogP contribution in [-0.2, 0) is 0 Å². The molecule has 2 rings (SSSR count). The molecule has 6 nitrogen and oxygen atoms in total. The minimum atomic E-state index is 0.389. The summed E-state index contributed by atoms with van der Waals surface area (Å²) in [6.07, 6.45) is 0. The average molecular weight is 256 g/mol. The molecule has 7 heteroatoms. The van der Waals surface area contributed by atoms with Crippen molar-refractivity contribution in [3.8, 4) is 0 Å². The second kappa shape index (κ2) is 5.61. The van der Waals surface area contributed by atoms with Crippen LogP contribution in [0.3, 0.4) is 0 Å². The molecule has 0 saturated carbocycles. The lowest BCUT2D eigenvalue weighted by molar-refractivity contribution is 0.229. The number of nitrogens with two attached hydrogens (primary N) is 1. The third-order valence-electron chi connectivity index (χ3n) is 2.94. The standard InChI is InChI=1S/C10H20N6S/c1-14(2)3-4-15-5-7-16(8-6-15)10-12-9(11)13-17-10/h3-8H2,1-2H3,(H2,11,13). The maximum absolute atomic E-state index is 5.54. The maximum Gasteiger partial charge on any atom is 0.233 e. The summed E-state index contributed by atoms with van der Waals surface area (Å²) in [4.78, 5) is 11.2. The average Bonchev–Trinajstić information content (AvgIpc) is 2.74. The smallest absolute Gasteiger partial charge is 0.233 e. The van der Waals surface area contributed by atoms with Gasteiger partial charge in [0, 0.05) is 50.8 Å². The fourth-order valence-corrected chi connectivity index (χ4v) is 2.51. The molecule has 0 unspecified atom stereocenters. The molecule has 0 atom stereocenters. The first kappa shape index (κ1) is 12.5. The summed E-state index contributed by atoms with van der Waals surface area (Å²) >= 11 is 1.39. The molecule has 0 bridgehead atoms. The SMILES string of the molecule is CN(C)CCN1CCN(c2nc(N)ns2)CC1. The van der Waals surface area contributed by atoms with Gasteiger partial charge in [-0.25, -0.2) is 0 Å². The van der Waals surface area contributed by atoms with Crippen LogP contribution in [0.4, 0.5) is 11.1 Å². The Bertz CT molecular complexity index is 344. The van der Waals surface area contributed by atoms with E-state index in [1.165, 1.54) is 11.5 Å². The number of hydrogen-bond donors (Lipinski definition) is 1. The quantitative estimate of drug-likeness (QED) is 0.805. The second-order valence-corrected chi connectivity index (χ2v) is 5.30. The fourth-order valence-electron chi connectivity index (χ4n) is 1.86. The minimum Gasteiger partial charge on any atom is -0.367 e. The van der Waals surface area contributed by atoms with Crippen molar-refractivity contribution in [3.63, 3.8) is 0 Å². The van der Waals surface area contributed by atoms with Crippen LogP contribution in [0.5, 0.6) is 0 Å². The summed E-state index contributed by atoms with van der Waals surface area (Å²) in [6, 6.07) is 0. The number of likely N-dealkylation sites (N-methyl/N-ethyl adjacent to an activating group) is 1. The molecule has 1 aromatic rings. The minimum absolute atomic E-state index is 0.389. The van der Waals surface area contributed by atoms with E-state index < -0.39 is 0 Å². The lowest BCUT2D eigenvalue weighted by atomic mass is 10.3. The Morgan fingerprint density at radius 2 is 2.00 bits per heavy atom. The Hall–Kier alpha value is -0.920. The van der Waals surface area contributed by atoms with E-state index >= 15 is 0 Å². The van der Waals surface area contributed by atoms with Gasteiger partial charge in [0.25, 0.3) is 0 Å². The number of aromatic nitrogens is 2. The number of nitrogens with zero attached hydrogens (tertiary/aromatic N) is 5. The Morgan fingerprint density at radius 3 is 2.53 bits per heavy atom. The molecule has 1 saturated heterocycles. The molecule has 96 valence electrons. The summed E-state index contributed by atoms with van der Waals surface area (Å²) in [5, 5.41) is 0.953. The van der Waals surface area contributed by atoms with Crippen molar-refractivity contribution in [3.05, 3.63) is 0 Å². The molecule has 1 aliphatic rings. The molecule has 17 heavy (non-hydrogen) atoms. The molecule has 1 fully saturated rings. The van der Waals surface area contributed by atoms with Gasteiger partial charge in [-0.2, -0.15) is 9.36 Å². The van der Waals surface area contributed by atoms with Gasteiger partial charge >= 0.3 is 0 Å². The van der Waals surface area contributed by atoms with Crippen LogP contribution in [0.1, 0.15) is 0 Å². The number of rotatable bonds is 4. The van der Waals surface area contributed by atoms with E-state index in [1.54, 1.807) is 0 Å². The molecular weight excluding hydrogens is 236 g/mol. The van der Waals surface area contributed by atoms with E-state index in [1.807, 2.05) is 0 Å². The summed E-state index contributed by atoms with van der Waals surface area (Å²) in [5.74, 6) is 0.389. The highest BCUT2D eigenvalue weighted by molar-refractivity contribution is 7.09. The van der Waals surface area contributed by atoms with Crippen LogP contribution < -0.4 is 10.6 Å². The van der Waals surface area contributed by atoms with Crippen molar-refractivity contribution < 1.29 is 0 Å². The zero-order valence-corrected chi connectivity index (χ0v) is 11.3. The number of hydrogen-bond acceptors (Lipinski definition) is 7. The van der Waals surface area contributed by atoms with Crippen LogP contribution in [0, 0.1) is 0 Å². The molecule has 0 aromatic carbocycles. The number of piperazine rings is 1. The summed E-state index contributed by atoms with van der Waals surface area (Å²) in [7, 11) is 4.22. The van der Waals surface area contributed by atoms with E-state index in [0.29, 0.717) is 5.95 Å². The summed E-state index contributed by atoms with van der Waals surface area (Å²) < 4.78 is 4.02. The van der Waals surface area contributed by atoms with E-state index in [2.05, 4.69) is 38.2 Å². The van der Waals surface area contributed by atoms with Crippen molar-refractivity contribution in [2.24, 2.45) is 0 Å². The lowest BCUT2D eigenvalue weighted by Gasteiger charge is -2.34. The first-order valence-electron chi connectivity index (χ1n) is 5.86. The Kier molecular flexibility index (Phi) is 4.14. The molecule has 0 spiro atoms. The monoisotopic (exact) mass is 256 g/mol. The second-order valence-electron chi connectivity index (χ2n) is 4.57. The zero-order chi connectivity index (χ0) is 12.3. The van der Waals surface area contributed by atoms with Gasteiger partial charge in [-0.15, -0.1) is 0 Å². The van der Waals surface area contributed by atoms with Gasteiger partial charge in [0.05, 0.1) is 0 Å². The molecule has 0 radical (unpaired) electrons. The number of anilines is 2. The molecule has 0 aliphatic carbocycles. The molecule has 0 amide bonds. The highest BCUT2D eigenvalue weighted by atomic mass is 32.1. The Balaban J connectivity index is 1.78. The highest BCUT2D eigenvalue weighted by Crippen LogP contribution is 2.19. The van der Waals surface area contributed by atoms with Gasteiger partial charge in [0.15, 0.2) is 0 Å². The summed E-state index contributed by atoms with van der Waals surface area (Å²) in [5.41, 5.74) is 5.54. The molecule has 2 heterocycles. The van der Waals surface area contributed by atoms with Crippen molar-refractivity contribution in [2.75, 3.05) is 64.0 Å². The van der Waals surface area contributed by atoms with Crippen LogP contribution in [0.15, 0.2) is 0 Å². The van der Waals surface area contributed by atoms with Gasteiger partial charge in [0.1, 0.15) is 0 Å². The van der Waals surface area contributed by atoms with Crippen LogP contribution in [0.2, 0.25) is 0 Å². The predicted octanol–water partition coefficient (Wildman–Crippen LogP) is -0.196. The predicted molar refractivity (Wildman–Crippen MR) is 71.5 cm³/mol. The number of nitrogen functional groups attached to an aromatic ring is 1. The van der Waals surface area contributed by atoms with Crippen molar-refractivity contribution in [1.29, 1.82) is 0 Å². The fraction of sp³-hybridized carbons (Fsp3) is 0.800. The van der Waals surface area contributed by atoms with Crippen LogP contribution in [-0.4, -0.2) is 72.5 Å². The molecule has 1 aliphatic heterocycles. The lowest BCUT2D eigenvalue weighted by Crippen LogP contribution is -2.48. The van der Waals surface area contributed by atoms with Crippen molar-refractivity contribution in [1.82, 2.24) is 19.2 Å². The molecule has 1 aromatic heterocycles. The van der Waals surface area contributed by atoms with E-state index in [4.69, 9.17) is 5.73 Å². The van der Waals surface area contributed by atoms with Gasteiger partial charge < -0.3 is 15.5 Å². The highest BCUT2D eigenvalue weighted by Gasteiger charge is 2.19. The third kappa shape index (κ3) is 3.52. The van der Waals surface area contributed by atoms with Crippen molar-refractivity contribution >= 4 is 22.6 Å². The van der Waals surface area contributed by atoms with Gasteiger partial charge in [-0.3, -0.25) is 4.90 Å². The topological polar surface area (TPSA) is 61.5 Å². The summed E-state index contributed by atoms with van der Waals surface area (Å²) in [6.45, 7) is 6.47. The van der Waals surface area contributed by atoms with E-state index in [-0.39, 0.29) is 0 Å². The van der Waals surface area contributed by atoms with E-state index in [0.717, 1.165) is 44.4 Å². The molecule has 2 N–H and O–H groups in total. The first-order chi connectivity index (χ1) is 8.15. The van der Waals surface area contributed by atoms with Gasteiger partial charge in [0.2, 0.25) is 11.1 Å². The zero-order valence-electron chi connectivity index (χ0n) is 10.5. The normalized spacial score (nSPS) is 17.9. The molecular formula is C10H20N6S.